The average molecular weight is 522 g/mol. The highest BCUT2D eigenvalue weighted by Gasteiger charge is 2.33. The highest BCUT2D eigenvalue weighted by Crippen LogP contribution is 2.33. The number of benzene rings is 2. The van der Waals surface area contributed by atoms with Gasteiger partial charge in [-0.1, -0.05) is 5.92 Å². The number of ether oxygens (including phenoxy) is 1. The summed E-state index contributed by atoms with van der Waals surface area (Å²) in [6.45, 7) is 0.413. The average Bonchev–Trinajstić information content (AvgIpc) is 3.33. The van der Waals surface area contributed by atoms with E-state index in [0.29, 0.717) is 30.5 Å². The highest BCUT2D eigenvalue weighted by molar-refractivity contribution is 7.99. The van der Waals surface area contributed by atoms with Crippen LogP contribution in [-0.2, 0) is 11.0 Å². The van der Waals surface area contributed by atoms with Gasteiger partial charge in [-0.2, -0.15) is 24.9 Å². The molecule has 1 aliphatic heterocycles. The Labute approximate surface area is 207 Å². The lowest BCUT2D eigenvalue weighted by molar-refractivity contribution is -0.140. The molecule has 1 amide bonds. The molecule has 1 fully saturated rings. The molecule has 0 saturated carbocycles. The number of H-pyrrole nitrogens is 1. The fourth-order valence-corrected chi connectivity index (χ4v) is 4.75. The topological polar surface area (TPSA) is 67.0 Å². The number of alkyl halides is 3. The van der Waals surface area contributed by atoms with Crippen molar-refractivity contribution in [2.45, 2.75) is 19.0 Å². The quantitative estimate of drug-likeness (QED) is 0.325. The number of nitrogens with zero attached hydrogens (tertiary/aromatic N) is 1. The van der Waals surface area contributed by atoms with Crippen molar-refractivity contribution in [1.82, 2.24) is 9.97 Å². The van der Waals surface area contributed by atoms with E-state index in [1.165, 1.54) is 18.2 Å². The van der Waals surface area contributed by atoms with Crippen molar-refractivity contribution in [3.8, 4) is 29.0 Å². The van der Waals surface area contributed by atoms with Gasteiger partial charge in [-0.3, -0.25) is 4.79 Å². The second kappa shape index (κ2) is 11.0. The molecule has 1 saturated heterocycles. The van der Waals surface area contributed by atoms with Gasteiger partial charge in [-0.05, 0) is 60.6 Å². The van der Waals surface area contributed by atoms with Crippen molar-refractivity contribution in [1.29, 1.82) is 0 Å². The summed E-state index contributed by atoms with van der Waals surface area (Å²) in [6.07, 6.45) is -1.92. The van der Waals surface area contributed by atoms with Crippen LogP contribution in [0.1, 0.15) is 24.1 Å². The Morgan fingerprint density at radius 1 is 1.14 bits per heavy atom. The summed E-state index contributed by atoms with van der Waals surface area (Å²) >= 11 is 1.88. The molecule has 0 radical (unpaired) electrons. The molecule has 2 aromatic carbocycles. The van der Waals surface area contributed by atoms with Gasteiger partial charge < -0.3 is 15.0 Å². The monoisotopic (exact) mass is 521 g/mol. The number of carbonyl (C=O) groups is 1. The number of hydrogen-bond donors (Lipinski definition) is 2. The second-order valence-electron chi connectivity index (χ2n) is 8.08. The molecule has 0 aliphatic carbocycles. The van der Waals surface area contributed by atoms with E-state index in [1.807, 2.05) is 11.8 Å². The molecule has 1 aliphatic rings. The maximum Gasteiger partial charge on any atom is 0.432 e. The minimum atomic E-state index is -4.59. The first-order chi connectivity index (χ1) is 17.2. The minimum absolute atomic E-state index is 0.0293. The van der Waals surface area contributed by atoms with Crippen molar-refractivity contribution in [3.63, 3.8) is 0 Å². The Morgan fingerprint density at radius 2 is 1.86 bits per heavy atom. The van der Waals surface area contributed by atoms with Crippen LogP contribution in [0.15, 0.2) is 42.6 Å². The van der Waals surface area contributed by atoms with Gasteiger partial charge in [-0.25, -0.2) is 13.8 Å². The number of halogens is 5. The molecule has 11 heteroatoms. The largest absolute Gasteiger partial charge is 0.491 e. The number of amides is 1. The Kier molecular flexibility index (Phi) is 7.84. The standard InChI is InChI=1S/C25H20F5N3O2S/c26-18-9-16(10-19(27)12-18)1-4-23(34)32-20-11-17(24-31-13-22(33-24)25(28,29)30)2-3-21(20)35-14-15-5-7-36-8-6-15/h2-3,9-13,15H,5-8,14H2,(H,31,33)(H,32,34). The van der Waals surface area contributed by atoms with Crippen LogP contribution in [-0.4, -0.2) is 34.0 Å². The Morgan fingerprint density at radius 3 is 2.53 bits per heavy atom. The predicted molar refractivity (Wildman–Crippen MR) is 126 cm³/mol. The van der Waals surface area contributed by atoms with Gasteiger partial charge in [0.15, 0.2) is 0 Å². The first kappa shape index (κ1) is 25.6. The molecule has 188 valence electrons. The lowest BCUT2D eigenvalue weighted by Gasteiger charge is -2.22. The maximum absolute atomic E-state index is 13.4. The van der Waals surface area contributed by atoms with Gasteiger partial charge in [-0.15, -0.1) is 0 Å². The number of hydrogen-bond acceptors (Lipinski definition) is 4. The van der Waals surface area contributed by atoms with Crippen molar-refractivity contribution in [3.05, 3.63) is 65.5 Å². The minimum Gasteiger partial charge on any atom is -0.491 e. The van der Waals surface area contributed by atoms with E-state index in [4.69, 9.17) is 4.74 Å². The zero-order chi connectivity index (χ0) is 25.7. The number of thioether (sulfide) groups is 1. The third kappa shape index (κ3) is 6.79. The predicted octanol–water partition coefficient (Wildman–Crippen LogP) is 5.89. The summed E-state index contributed by atoms with van der Waals surface area (Å²) in [6, 6.07) is 7.14. The fourth-order valence-electron chi connectivity index (χ4n) is 3.54. The van der Waals surface area contributed by atoms with Crippen molar-refractivity contribution in [2.24, 2.45) is 5.92 Å². The summed E-state index contributed by atoms with van der Waals surface area (Å²) in [5.74, 6) is 4.85. The van der Waals surface area contributed by atoms with Crippen LogP contribution < -0.4 is 10.1 Å². The number of aromatic amines is 1. The normalized spacial score (nSPS) is 14.1. The molecule has 36 heavy (non-hydrogen) atoms. The molecule has 2 N–H and O–H groups in total. The van der Waals surface area contributed by atoms with E-state index in [-0.39, 0.29) is 22.6 Å². The van der Waals surface area contributed by atoms with Gasteiger partial charge >= 0.3 is 12.1 Å². The van der Waals surface area contributed by atoms with E-state index in [9.17, 15) is 26.7 Å². The second-order valence-corrected chi connectivity index (χ2v) is 9.31. The van der Waals surface area contributed by atoms with Gasteiger partial charge in [0.05, 0.1) is 18.5 Å². The van der Waals surface area contributed by atoms with Crippen molar-refractivity contribution >= 4 is 23.4 Å². The molecule has 0 unspecified atom stereocenters. The van der Waals surface area contributed by atoms with Crippen LogP contribution in [0.3, 0.4) is 0 Å². The fraction of sp³-hybridized carbons (Fsp3) is 0.280. The Hall–Kier alpha value is -3.52. The summed E-state index contributed by atoms with van der Waals surface area (Å²) in [5, 5.41) is 2.55. The first-order valence-corrected chi connectivity index (χ1v) is 12.1. The van der Waals surface area contributed by atoms with E-state index >= 15 is 0 Å². The molecule has 0 bridgehead atoms. The number of anilines is 1. The van der Waals surface area contributed by atoms with Gasteiger partial charge in [0.1, 0.15) is 28.9 Å². The first-order valence-electron chi connectivity index (χ1n) is 10.9. The van der Waals surface area contributed by atoms with Gasteiger partial charge in [0.25, 0.3) is 0 Å². The lowest BCUT2D eigenvalue weighted by Crippen LogP contribution is -2.18. The molecular weight excluding hydrogens is 501 g/mol. The smallest absolute Gasteiger partial charge is 0.432 e. The number of nitrogens with one attached hydrogen (secondary N) is 2. The third-order valence-corrected chi connectivity index (χ3v) is 6.43. The number of carbonyl (C=O) groups excluding carboxylic acids is 1. The summed E-state index contributed by atoms with van der Waals surface area (Å²) < 4.78 is 71.6. The number of rotatable bonds is 5. The molecule has 1 aromatic heterocycles. The third-order valence-electron chi connectivity index (χ3n) is 5.38. The molecule has 0 atom stereocenters. The van der Waals surface area contributed by atoms with Crippen LogP contribution in [0.2, 0.25) is 0 Å². The molecule has 5 nitrogen and oxygen atoms in total. The summed E-state index contributed by atoms with van der Waals surface area (Å²) in [5.41, 5.74) is -0.583. The zero-order valence-electron chi connectivity index (χ0n) is 18.7. The molecule has 2 heterocycles. The van der Waals surface area contributed by atoms with E-state index < -0.39 is 29.4 Å². The van der Waals surface area contributed by atoms with Crippen LogP contribution in [0, 0.1) is 29.4 Å². The summed E-state index contributed by atoms with van der Waals surface area (Å²) in [4.78, 5) is 18.5. The Balaban J connectivity index is 1.58. The molecule has 4 rings (SSSR count). The van der Waals surface area contributed by atoms with E-state index in [0.717, 1.165) is 36.5 Å². The van der Waals surface area contributed by atoms with Crippen LogP contribution in [0.25, 0.3) is 11.4 Å². The van der Waals surface area contributed by atoms with E-state index in [1.54, 1.807) is 0 Å². The molecule has 0 spiro atoms. The number of imidazole rings is 1. The van der Waals surface area contributed by atoms with Crippen LogP contribution >= 0.6 is 11.8 Å². The zero-order valence-corrected chi connectivity index (χ0v) is 19.5. The SMILES string of the molecule is O=C(C#Cc1cc(F)cc(F)c1)Nc1cc(-c2ncc(C(F)(F)F)[nH]2)ccc1OCC1CCSCC1. The van der Waals surface area contributed by atoms with Crippen molar-refractivity contribution < 1.29 is 31.5 Å². The molecule has 3 aromatic rings. The van der Waals surface area contributed by atoms with E-state index in [2.05, 4.69) is 27.1 Å². The number of aromatic nitrogens is 2. The Bertz CT molecular complexity index is 1290. The maximum atomic E-state index is 13.4. The molecular formula is C25H20F5N3O2S. The van der Waals surface area contributed by atoms with Crippen molar-refractivity contribution in [2.75, 3.05) is 23.4 Å². The van der Waals surface area contributed by atoms with Crippen LogP contribution in [0.5, 0.6) is 5.75 Å². The summed E-state index contributed by atoms with van der Waals surface area (Å²) in [7, 11) is 0. The van der Waals surface area contributed by atoms with Crippen LogP contribution in [0.4, 0.5) is 27.6 Å². The van der Waals surface area contributed by atoms with Gasteiger partial charge in [0, 0.05) is 23.1 Å². The van der Waals surface area contributed by atoms with Gasteiger partial charge in [0.2, 0.25) is 0 Å². The highest BCUT2D eigenvalue weighted by atomic mass is 32.2. The lowest BCUT2D eigenvalue weighted by atomic mass is 10.0.